The van der Waals surface area contributed by atoms with Gasteiger partial charge in [0.2, 0.25) is 11.8 Å². The molecule has 106 valence electrons. The number of rotatable bonds is 7. The summed E-state index contributed by atoms with van der Waals surface area (Å²) in [5, 5.41) is 3.17. The number of nitrogens with one attached hydrogen (secondary N) is 1. The SMILES string of the molecule is CCCOc1ccnc(NCc2ccccc2OC)n1. The third kappa shape index (κ3) is 3.85. The highest BCUT2D eigenvalue weighted by Gasteiger charge is 2.03. The Morgan fingerprint density at radius 2 is 2.05 bits per heavy atom. The average Bonchev–Trinajstić information content (AvgIpc) is 2.51. The van der Waals surface area contributed by atoms with Crippen molar-refractivity contribution < 1.29 is 9.47 Å². The van der Waals surface area contributed by atoms with Crippen LogP contribution in [0.3, 0.4) is 0 Å². The average molecular weight is 273 g/mol. The molecule has 2 aromatic rings. The molecule has 0 saturated heterocycles. The number of hydrogen-bond acceptors (Lipinski definition) is 5. The molecule has 0 aliphatic carbocycles. The van der Waals surface area contributed by atoms with Gasteiger partial charge in [-0.3, -0.25) is 0 Å². The first-order chi connectivity index (χ1) is 9.83. The Labute approximate surface area is 119 Å². The standard InChI is InChI=1S/C15H19N3O2/c1-3-10-20-14-8-9-16-15(18-14)17-11-12-6-4-5-7-13(12)19-2/h4-9H,3,10-11H2,1-2H3,(H,16,17,18). The maximum Gasteiger partial charge on any atom is 0.226 e. The van der Waals surface area contributed by atoms with Gasteiger partial charge >= 0.3 is 0 Å². The van der Waals surface area contributed by atoms with Crippen LogP contribution in [-0.2, 0) is 6.54 Å². The van der Waals surface area contributed by atoms with E-state index in [1.807, 2.05) is 24.3 Å². The molecule has 0 fully saturated rings. The summed E-state index contributed by atoms with van der Waals surface area (Å²) in [5.41, 5.74) is 1.05. The lowest BCUT2D eigenvalue weighted by Gasteiger charge is -2.10. The zero-order valence-corrected chi connectivity index (χ0v) is 11.8. The zero-order valence-electron chi connectivity index (χ0n) is 11.8. The molecule has 0 bridgehead atoms. The van der Waals surface area contributed by atoms with Crippen LogP contribution in [0, 0.1) is 0 Å². The normalized spacial score (nSPS) is 10.1. The fraction of sp³-hybridized carbons (Fsp3) is 0.333. The smallest absolute Gasteiger partial charge is 0.226 e. The highest BCUT2D eigenvalue weighted by molar-refractivity contribution is 5.37. The second kappa shape index (κ2) is 7.33. The number of anilines is 1. The maximum atomic E-state index is 5.48. The molecule has 0 spiro atoms. The van der Waals surface area contributed by atoms with Crippen molar-refractivity contribution in [2.24, 2.45) is 0 Å². The van der Waals surface area contributed by atoms with Crippen LogP contribution in [0.25, 0.3) is 0 Å². The van der Waals surface area contributed by atoms with Crippen LogP contribution >= 0.6 is 0 Å². The van der Waals surface area contributed by atoms with E-state index in [0.29, 0.717) is 25.0 Å². The van der Waals surface area contributed by atoms with E-state index in [1.54, 1.807) is 19.4 Å². The number of aromatic nitrogens is 2. The molecule has 1 N–H and O–H groups in total. The summed E-state index contributed by atoms with van der Waals surface area (Å²) >= 11 is 0. The zero-order chi connectivity index (χ0) is 14.2. The Balaban J connectivity index is 1.99. The second-order valence-corrected chi connectivity index (χ2v) is 4.23. The molecule has 20 heavy (non-hydrogen) atoms. The second-order valence-electron chi connectivity index (χ2n) is 4.23. The van der Waals surface area contributed by atoms with Gasteiger partial charge in [-0.1, -0.05) is 25.1 Å². The first-order valence-electron chi connectivity index (χ1n) is 6.65. The van der Waals surface area contributed by atoms with Crippen LogP contribution in [0.4, 0.5) is 5.95 Å². The van der Waals surface area contributed by atoms with Crippen LogP contribution < -0.4 is 14.8 Å². The molecule has 0 amide bonds. The monoisotopic (exact) mass is 273 g/mol. The first kappa shape index (κ1) is 14.1. The Bertz CT molecular complexity index is 546. The van der Waals surface area contributed by atoms with Crippen molar-refractivity contribution in [1.82, 2.24) is 9.97 Å². The maximum absolute atomic E-state index is 5.48. The molecule has 5 nitrogen and oxygen atoms in total. The third-order valence-electron chi connectivity index (χ3n) is 2.71. The molecule has 0 aliphatic rings. The van der Waals surface area contributed by atoms with Gasteiger partial charge in [0.15, 0.2) is 0 Å². The van der Waals surface area contributed by atoms with Crippen molar-refractivity contribution in [3.8, 4) is 11.6 Å². The topological polar surface area (TPSA) is 56.3 Å². The number of nitrogens with zero attached hydrogens (tertiary/aromatic N) is 2. The quantitative estimate of drug-likeness (QED) is 0.840. The van der Waals surface area contributed by atoms with Crippen molar-refractivity contribution in [1.29, 1.82) is 0 Å². The highest BCUT2D eigenvalue weighted by Crippen LogP contribution is 2.18. The minimum Gasteiger partial charge on any atom is -0.496 e. The summed E-state index contributed by atoms with van der Waals surface area (Å²) in [6, 6.07) is 9.60. The fourth-order valence-corrected chi connectivity index (χ4v) is 1.74. The van der Waals surface area contributed by atoms with Gasteiger partial charge in [-0.25, -0.2) is 4.98 Å². The Kier molecular flexibility index (Phi) is 5.17. The van der Waals surface area contributed by atoms with E-state index < -0.39 is 0 Å². The minimum absolute atomic E-state index is 0.546. The van der Waals surface area contributed by atoms with E-state index in [0.717, 1.165) is 17.7 Å². The number of ether oxygens (including phenoxy) is 2. The summed E-state index contributed by atoms with van der Waals surface area (Å²) in [4.78, 5) is 8.47. The minimum atomic E-state index is 0.546. The van der Waals surface area contributed by atoms with Gasteiger partial charge < -0.3 is 14.8 Å². The molecule has 1 aromatic carbocycles. The van der Waals surface area contributed by atoms with Crippen molar-refractivity contribution in [2.75, 3.05) is 19.0 Å². The molecule has 1 aromatic heterocycles. The molecule has 1 heterocycles. The lowest BCUT2D eigenvalue weighted by Crippen LogP contribution is -2.06. The van der Waals surface area contributed by atoms with Crippen LogP contribution in [0.2, 0.25) is 0 Å². The molecule has 0 unspecified atom stereocenters. The number of benzene rings is 1. The molecule has 2 rings (SSSR count). The van der Waals surface area contributed by atoms with Gasteiger partial charge in [-0.05, 0) is 12.5 Å². The van der Waals surface area contributed by atoms with Crippen LogP contribution in [0.1, 0.15) is 18.9 Å². The van der Waals surface area contributed by atoms with Gasteiger partial charge in [-0.15, -0.1) is 0 Å². The molecule has 5 heteroatoms. The fourth-order valence-electron chi connectivity index (χ4n) is 1.74. The number of methoxy groups -OCH3 is 1. The lowest BCUT2D eigenvalue weighted by molar-refractivity contribution is 0.305. The van der Waals surface area contributed by atoms with E-state index >= 15 is 0 Å². The van der Waals surface area contributed by atoms with E-state index in [1.165, 1.54) is 0 Å². The Morgan fingerprint density at radius 3 is 2.85 bits per heavy atom. The molecular formula is C15H19N3O2. The predicted molar refractivity (Wildman–Crippen MR) is 78.1 cm³/mol. The Morgan fingerprint density at radius 1 is 1.20 bits per heavy atom. The largest absolute Gasteiger partial charge is 0.496 e. The highest BCUT2D eigenvalue weighted by atomic mass is 16.5. The van der Waals surface area contributed by atoms with E-state index in [4.69, 9.17) is 9.47 Å². The number of para-hydroxylation sites is 1. The molecule has 0 atom stereocenters. The molecule has 0 radical (unpaired) electrons. The van der Waals surface area contributed by atoms with E-state index in [2.05, 4.69) is 22.2 Å². The van der Waals surface area contributed by atoms with Crippen molar-refractivity contribution in [3.05, 3.63) is 42.1 Å². The van der Waals surface area contributed by atoms with Crippen molar-refractivity contribution in [3.63, 3.8) is 0 Å². The van der Waals surface area contributed by atoms with Crippen LogP contribution in [-0.4, -0.2) is 23.7 Å². The predicted octanol–water partition coefficient (Wildman–Crippen LogP) is 2.89. The van der Waals surface area contributed by atoms with Gasteiger partial charge in [0.25, 0.3) is 0 Å². The van der Waals surface area contributed by atoms with E-state index in [-0.39, 0.29) is 0 Å². The van der Waals surface area contributed by atoms with Crippen LogP contribution in [0.5, 0.6) is 11.6 Å². The summed E-state index contributed by atoms with van der Waals surface area (Å²) in [7, 11) is 1.66. The van der Waals surface area contributed by atoms with E-state index in [9.17, 15) is 0 Å². The van der Waals surface area contributed by atoms with Crippen LogP contribution in [0.15, 0.2) is 36.5 Å². The lowest BCUT2D eigenvalue weighted by atomic mass is 10.2. The summed E-state index contributed by atoms with van der Waals surface area (Å²) in [5.74, 6) is 1.98. The third-order valence-corrected chi connectivity index (χ3v) is 2.71. The summed E-state index contributed by atoms with van der Waals surface area (Å²) < 4.78 is 10.8. The summed E-state index contributed by atoms with van der Waals surface area (Å²) in [6.45, 7) is 3.31. The molecular weight excluding hydrogens is 254 g/mol. The Hall–Kier alpha value is -2.30. The first-order valence-corrected chi connectivity index (χ1v) is 6.65. The van der Waals surface area contributed by atoms with Gasteiger partial charge in [0, 0.05) is 24.4 Å². The molecule has 0 saturated carbocycles. The van der Waals surface area contributed by atoms with Gasteiger partial charge in [0.1, 0.15) is 5.75 Å². The van der Waals surface area contributed by atoms with Gasteiger partial charge in [0.05, 0.1) is 13.7 Å². The summed E-state index contributed by atoms with van der Waals surface area (Å²) in [6.07, 6.45) is 2.64. The van der Waals surface area contributed by atoms with Crippen molar-refractivity contribution in [2.45, 2.75) is 19.9 Å². The number of hydrogen-bond donors (Lipinski definition) is 1. The van der Waals surface area contributed by atoms with Gasteiger partial charge in [-0.2, -0.15) is 4.98 Å². The van der Waals surface area contributed by atoms with Crippen molar-refractivity contribution >= 4 is 5.95 Å². The molecule has 0 aliphatic heterocycles.